The van der Waals surface area contributed by atoms with Gasteiger partial charge in [0.25, 0.3) is 0 Å². The molecule has 0 rings (SSSR count). The Morgan fingerprint density at radius 3 is 0.808 bits per heavy atom. The molecule has 0 aliphatic rings. The first-order valence-electron chi connectivity index (χ1n) is 32.1. The largest absolute Gasteiger partial charge is 0.462 e. The van der Waals surface area contributed by atoms with E-state index in [1.165, 1.54) is 231 Å². The van der Waals surface area contributed by atoms with E-state index >= 15 is 0 Å². The van der Waals surface area contributed by atoms with Crippen LogP contribution in [0.2, 0.25) is 0 Å². The molecule has 6 heteroatoms. The van der Waals surface area contributed by atoms with E-state index in [9.17, 15) is 14.4 Å². The van der Waals surface area contributed by atoms with Gasteiger partial charge in [-0.15, -0.1) is 0 Å². The van der Waals surface area contributed by atoms with Crippen molar-refractivity contribution in [3.8, 4) is 0 Å². The molecule has 0 amide bonds. The van der Waals surface area contributed by atoms with Gasteiger partial charge in [0.1, 0.15) is 13.2 Å². The predicted molar refractivity (Wildman–Crippen MR) is 316 cm³/mol. The lowest BCUT2D eigenvalue weighted by atomic mass is 10.0. The van der Waals surface area contributed by atoms with Crippen molar-refractivity contribution in [3.63, 3.8) is 0 Å². The Morgan fingerprint density at radius 2 is 0.534 bits per heavy atom. The summed E-state index contributed by atoms with van der Waals surface area (Å²) in [6.07, 6.45) is 77.7. The van der Waals surface area contributed by atoms with Crippen molar-refractivity contribution >= 4 is 17.9 Å². The van der Waals surface area contributed by atoms with E-state index in [-0.39, 0.29) is 37.5 Å². The highest BCUT2D eigenvalue weighted by molar-refractivity contribution is 5.71. The van der Waals surface area contributed by atoms with E-state index in [1.54, 1.807) is 0 Å². The number of carbonyl (C=O) groups excluding carboxylic acids is 3. The number of ether oxygens (including phenoxy) is 3. The number of carbonyl (C=O) groups is 3. The van der Waals surface area contributed by atoms with Gasteiger partial charge in [-0.3, -0.25) is 14.4 Å². The molecule has 0 aromatic heterocycles. The van der Waals surface area contributed by atoms with E-state index < -0.39 is 6.10 Å². The van der Waals surface area contributed by atoms with Gasteiger partial charge in [-0.05, 0) is 44.9 Å². The zero-order valence-electron chi connectivity index (χ0n) is 48.9. The van der Waals surface area contributed by atoms with Crippen molar-refractivity contribution in [3.05, 3.63) is 48.6 Å². The second kappa shape index (κ2) is 61.9. The average Bonchev–Trinajstić information content (AvgIpc) is 3.39. The molecule has 6 nitrogen and oxygen atoms in total. The van der Waals surface area contributed by atoms with Gasteiger partial charge in [0.15, 0.2) is 6.10 Å². The van der Waals surface area contributed by atoms with Crippen molar-refractivity contribution in [1.82, 2.24) is 0 Å². The van der Waals surface area contributed by atoms with Crippen molar-refractivity contribution < 1.29 is 28.6 Å². The van der Waals surface area contributed by atoms with Gasteiger partial charge in [-0.2, -0.15) is 0 Å². The summed E-state index contributed by atoms with van der Waals surface area (Å²) in [7, 11) is 0. The molecule has 0 heterocycles. The Morgan fingerprint density at radius 1 is 0.288 bits per heavy atom. The first kappa shape index (κ1) is 70.4. The topological polar surface area (TPSA) is 78.9 Å². The lowest BCUT2D eigenvalue weighted by molar-refractivity contribution is -0.166. The van der Waals surface area contributed by atoms with Crippen LogP contribution >= 0.6 is 0 Å². The fourth-order valence-electron chi connectivity index (χ4n) is 9.58. The number of unbranched alkanes of at least 4 members (excludes halogenated alkanes) is 40. The second-order valence-electron chi connectivity index (χ2n) is 21.7. The highest BCUT2D eigenvalue weighted by Gasteiger charge is 2.19. The average molecular weight is 1020 g/mol. The van der Waals surface area contributed by atoms with Crippen LogP contribution in [0.5, 0.6) is 0 Å². The Bertz CT molecular complexity index is 1270. The molecule has 0 bridgehead atoms. The van der Waals surface area contributed by atoms with E-state index in [2.05, 4.69) is 63.3 Å². The first-order valence-corrected chi connectivity index (χ1v) is 32.1. The predicted octanol–water partition coefficient (Wildman–Crippen LogP) is 21.8. The molecule has 1 unspecified atom stereocenters. The van der Waals surface area contributed by atoms with E-state index in [1.807, 2.05) is 6.08 Å². The quantitative estimate of drug-likeness (QED) is 0.0261. The molecule has 73 heavy (non-hydrogen) atoms. The Kier molecular flexibility index (Phi) is 59.7. The summed E-state index contributed by atoms with van der Waals surface area (Å²) < 4.78 is 16.7. The van der Waals surface area contributed by atoms with Gasteiger partial charge >= 0.3 is 17.9 Å². The minimum Gasteiger partial charge on any atom is -0.462 e. The zero-order valence-corrected chi connectivity index (χ0v) is 48.9. The minimum absolute atomic E-state index is 0.0980. The third-order valence-corrected chi connectivity index (χ3v) is 14.4. The van der Waals surface area contributed by atoms with E-state index in [0.29, 0.717) is 19.3 Å². The van der Waals surface area contributed by atoms with Crippen LogP contribution in [-0.2, 0) is 28.6 Å². The molecule has 0 aliphatic heterocycles. The van der Waals surface area contributed by atoms with Crippen LogP contribution in [-0.4, -0.2) is 37.2 Å². The van der Waals surface area contributed by atoms with Crippen molar-refractivity contribution in [1.29, 1.82) is 0 Å². The van der Waals surface area contributed by atoms with Crippen LogP contribution < -0.4 is 0 Å². The maximum atomic E-state index is 12.7. The Balaban J connectivity index is 3.95. The number of esters is 3. The smallest absolute Gasteiger partial charge is 0.306 e. The van der Waals surface area contributed by atoms with Gasteiger partial charge < -0.3 is 14.2 Å². The number of allylic oxidation sites excluding steroid dienone is 8. The number of hydrogen-bond donors (Lipinski definition) is 0. The number of rotatable bonds is 59. The van der Waals surface area contributed by atoms with Crippen LogP contribution in [0.15, 0.2) is 48.6 Å². The third kappa shape index (κ3) is 60.1. The van der Waals surface area contributed by atoms with Crippen molar-refractivity contribution in [2.75, 3.05) is 13.2 Å². The SMILES string of the molecule is CC/C=C\C/C=C\C/C=C\C/C=C\CCC(=O)OC(COC(=O)CCCCCCCCCC)COC(=O)CCCCCCCCCCCCCCCCCCCCCCCCCCCCCCCCCCCC. The molecule has 426 valence electrons. The van der Waals surface area contributed by atoms with E-state index in [0.717, 1.165) is 64.2 Å². The van der Waals surface area contributed by atoms with Crippen molar-refractivity contribution in [2.24, 2.45) is 0 Å². The summed E-state index contributed by atoms with van der Waals surface area (Å²) in [6, 6.07) is 0. The maximum absolute atomic E-state index is 12.7. The zero-order chi connectivity index (χ0) is 52.9. The Labute approximate surface area is 454 Å². The van der Waals surface area contributed by atoms with Crippen LogP contribution in [0.4, 0.5) is 0 Å². The van der Waals surface area contributed by atoms with Crippen molar-refractivity contribution in [2.45, 2.75) is 348 Å². The van der Waals surface area contributed by atoms with Crippen LogP contribution in [0, 0.1) is 0 Å². The summed E-state index contributed by atoms with van der Waals surface area (Å²) in [4.78, 5) is 37.9. The normalized spacial score (nSPS) is 12.3. The first-order chi connectivity index (χ1) is 36.0. The maximum Gasteiger partial charge on any atom is 0.306 e. The lowest BCUT2D eigenvalue weighted by Gasteiger charge is -2.18. The summed E-state index contributed by atoms with van der Waals surface area (Å²) in [5, 5.41) is 0. The van der Waals surface area contributed by atoms with Gasteiger partial charge in [0.2, 0.25) is 0 Å². The van der Waals surface area contributed by atoms with E-state index in [4.69, 9.17) is 14.2 Å². The monoisotopic (exact) mass is 1020 g/mol. The molecule has 0 aromatic rings. The molecule has 1 atom stereocenters. The molecule has 0 radical (unpaired) electrons. The summed E-state index contributed by atoms with van der Waals surface area (Å²) in [5.74, 6) is -0.971. The molecule has 0 N–H and O–H groups in total. The van der Waals surface area contributed by atoms with Crippen LogP contribution in [0.25, 0.3) is 0 Å². The van der Waals surface area contributed by atoms with Gasteiger partial charge in [0, 0.05) is 19.3 Å². The molecule has 0 aromatic carbocycles. The molecule has 0 aliphatic carbocycles. The van der Waals surface area contributed by atoms with Gasteiger partial charge in [-0.1, -0.05) is 326 Å². The standard InChI is InChI=1S/C67H122O6/c1-4-7-10-13-16-19-21-23-24-25-26-27-28-29-30-31-32-33-34-35-36-37-38-39-40-41-42-43-45-46-48-51-54-57-60-66(69)72-63-64(62-71-65(68)59-56-53-50-18-15-12-9-6-3)73-67(70)61-58-55-52-49-47-44-22-20-17-14-11-8-5-2/h8,11,17,20,44,47,52,55,64H,4-7,9-10,12-16,18-19,21-43,45-46,48-51,53-54,56-63H2,1-3H3/b11-8-,20-17-,47-44-,55-52-. The molecule has 0 saturated heterocycles. The molecule has 0 fully saturated rings. The highest BCUT2D eigenvalue weighted by atomic mass is 16.6. The highest BCUT2D eigenvalue weighted by Crippen LogP contribution is 2.18. The summed E-state index contributed by atoms with van der Waals surface area (Å²) in [5.41, 5.74) is 0. The fourth-order valence-corrected chi connectivity index (χ4v) is 9.58. The fraction of sp³-hybridized carbons (Fsp3) is 0.836. The van der Waals surface area contributed by atoms with Crippen LogP contribution in [0.1, 0.15) is 342 Å². The summed E-state index contributed by atoms with van der Waals surface area (Å²) >= 11 is 0. The molecular weight excluding hydrogens is 901 g/mol. The third-order valence-electron chi connectivity index (χ3n) is 14.4. The molecule has 0 spiro atoms. The lowest BCUT2D eigenvalue weighted by Crippen LogP contribution is -2.30. The Hall–Kier alpha value is -2.63. The minimum atomic E-state index is -0.806. The second-order valence-corrected chi connectivity index (χ2v) is 21.7. The summed E-state index contributed by atoms with van der Waals surface area (Å²) in [6.45, 7) is 6.47. The van der Waals surface area contributed by atoms with Crippen LogP contribution in [0.3, 0.4) is 0 Å². The molecular formula is C67H122O6. The number of hydrogen-bond acceptors (Lipinski definition) is 6. The molecule has 0 saturated carbocycles. The van der Waals surface area contributed by atoms with Gasteiger partial charge in [0.05, 0.1) is 0 Å². The van der Waals surface area contributed by atoms with Gasteiger partial charge in [-0.25, -0.2) is 0 Å².